The van der Waals surface area contributed by atoms with Crippen LogP contribution in [0.3, 0.4) is 0 Å². The van der Waals surface area contributed by atoms with Crippen LogP contribution >= 0.6 is 11.8 Å². The van der Waals surface area contributed by atoms with Crippen molar-refractivity contribution in [3.63, 3.8) is 0 Å². The van der Waals surface area contributed by atoms with Crippen molar-refractivity contribution in [3.05, 3.63) is 24.3 Å². The van der Waals surface area contributed by atoms with Gasteiger partial charge in [0, 0.05) is 24.4 Å². The highest BCUT2D eigenvalue weighted by Crippen LogP contribution is 2.56. The molecule has 0 radical (unpaired) electrons. The molecule has 5 heteroatoms. The van der Waals surface area contributed by atoms with E-state index in [1.807, 2.05) is 36.2 Å². The fraction of sp³-hybridized carbons (Fsp3) is 0.467. The topological polar surface area (TPSA) is 40.6 Å². The summed E-state index contributed by atoms with van der Waals surface area (Å²) in [6.45, 7) is 0. The van der Waals surface area contributed by atoms with Crippen molar-refractivity contribution >= 4 is 29.3 Å². The van der Waals surface area contributed by atoms with Crippen LogP contribution < -0.4 is 4.90 Å². The molecule has 2 aliphatic heterocycles. The molecule has 0 bridgehead atoms. The van der Waals surface area contributed by atoms with E-state index in [9.17, 15) is 9.59 Å². The van der Waals surface area contributed by atoms with Gasteiger partial charge in [0.15, 0.2) is 4.87 Å². The zero-order valence-corrected chi connectivity index (χ0v) is 12.2. The quantitative estimate of drug-likeness (QED) is 0.838. The number of carbonyl (C=O) groups excluding carboxylic acids is 2. The number of benzene rings is 1. The number of hydrogen-bond acceptors (Lipinski definition) is 3. The Morgan fingerprint density at radius 2 is 2.15 bits per heavy atom. The van der Waals surface area contributed by atoms with Gasteiger partial charge in [0.25, 0.3) is 5.91 Å². The maximum absolute atomic E-state index is 13.0. The lowest BCUT2D eigenvalue weighted by Gasteiger charge is -2.33. The summed E-state index contributed by atoms with van der Waals surface area (Å²) in [4.78, 5) is 29.1. The van der Waals surface area contributed by atoms with Crippen LogP contribution in [0.15, 0.2) is 29.2 Å². The van der Waals surface area contributed by atoms with Gasteiger partial charge in [0.05, 0.1) is 5.69 Å². The molecule has 1 aliphatic carbocycles. The summed E-state index contributed by atoms with van der Waals surface area (Å²) in [5, 5.41) is 0. The molecule has 1 aromatic rings. The summed E-state index contributed by atoms with van der Waals surface area (Å²) in [7, 11) is 1.87. The van der Waals surface area contributed by atoms with Gasteiger partial charge in [-0.15, -0.1) is 0 Å². The van der Waals surface area contributed by atoms with Crippen LogP contribution in [-0.2, 0) is 9.59 Å². The zero-order chi connectivity index (χ0) is 13.9. The van der Waals surface area contributed by atoms with Crippen molar-refractivity contribution in [2.75, 3.05) is 11.9 Å². The van der Waals surface area contributed by atoms with Crippen LogP contribution in [0.5, 0.6) is 0 Å². The molecule has 1 aromatic carbocycles. The standard InChI is InChI=1S/C15H16N2O2S/c1-16(10-6-7-10)14(19)15-9-8-13(18)17(15)11-4-2-3-5-12(11)20-15/h2-5,10H,6-9H2,1H3/t15-/m0/s1. The van der Waals surface area contributed by atoms with Crippen molar-refractivity contribution in [2.45, 2.75) is 41.5 Å². The van der Waals surface area contributed by atoms with E-state index in [0.29, 0.717) is 18.9 Å². The lowest BCUT2D eigenvalue weighted by molar-refractivity contribution is -0.133. The summed E-state index contributed by atoms with van der Waals surface area (Å²) in [6, 6.07) is 8.20. The minimum absolute atomic E-state index is 0.0694. The summed E-state index contributed by atoms with van der Waals surface area (Å²) in [6.07, 6.45) is 3.25. The second-order valence-corrected chi connectivity index (χ2v) is 7.05. The maximum atomic E-state index is 13.0. The van der Waals surface area contributed by atoms with Crippen molar-refractivity contribution in [3.8, 4) is 0 Å². The molecule has 2 fully saturated rings. The minimum Gasteiger partial charge on any atom is -0.340 e. The molecule has 1 saturated carbocycles. The number of nitrogens with zero attached hydrogens (tertiary/aromatic N) is 2. The minimum atomic E-state index is -0.724. The largest absolute Gasteiger partial charge is 0.340 e. The highest BCUT2D eigenvalue weighted by Gasteiger charge is 2.59. The van der Waals surface area contributed by atoms with E-state index in [4.69, 9.17) is 0 Å². The van der Waals surface area contributed by atoms with Gasteiger partial charge in [-0.05, 0) is 31.4 Å². The third-order valence-electron chi connectivity index (χ3n) is 4.42. The number of carbonyl (C=O) groups is 2. The van der Waals surface area contributed by atoms with Crippen molar-refractivity contribution in [1.29, 1.82) is 0 Å². The van der Waals surface area contributed by atoms with Crippen LogP contribution in [-0.4, -0.2) is 34.7 Å². The molecule has 0 aromatic heterocycles. The van der Waals surface area contributed by atoms with Gasteiger partial charge in [-0.3, -0.25) is 14.5 Å². The molecule has 2 heterocycles. The fourth-order valence-electron chi connectivity index (χ4n) is 3.19. The van der Waals surface area contributed by atoms with Crippen LogP contribution in [0, 0.1) is 0 Å². The smallest absolute Gasteiger partial charge is 0.259 e. The predicted octanol–water partition coefficient (Wildman–Crippen LogP) is 2.24. The highest BCUT2D eigenvalue weighted by molar-refractivity contribution is 8.02. The molecule has 4 rings (SSSR count). The number of para-hydroxylation sites is 1. The van der Waals surface area contributed by atoms with E-state index < -0.39 is 4.87 Å². The van der Waals surface area contributed by atoms with Gasteiger partial charge in [0.2, 0.25) is 5.91 Å². The molecule has 2 amide bonds. The van der Waals surface area contributed by atoms with E-state index in [0.717, 1.165) is 23.4 Å². The van der Waals surface area contributed by atoms with E-state index >= 15 is 0 Å². The van der Waals surface area contributed by atoms with Crippen LogP contribution in [0.4, 0.5) is 5.69 Å². The number of anilines is 1. The lowest BCUT2D eigenvalue weighted by Crippen LogP contribution is -2.53. The molecule has 1 atom stereocenters. The monoisotopic (exact) mass is 288 g/mol. The molecule has 0 N–H and O–H groups in total. The number of hydrogen-bond donors (Lipinski definition) is 0. The Hall–Kier alpha value is -1.49. The molecule has 104 valence electrons. The highest BCUT2D eigenvalue weighted by atomic mass is 32.2. The molecular formula is C15H16N2O2S. The van der Waals surface area contributed by atoms with E-state index in [1.165, 1.54) is 0 Å². The van der Waals surface area contributed by atoms with Crippen LogP contribution in [0.2, 0.25) is 0 Å². The van der Waals surface area contributed by atoms with Gasteiger partial charge in [-0.1, -0.05) is 23.9 Å². The van der Waals surface area contributed by atoms with Crippen molar-refractivity contribution in [1.82, 2.24) is 4.90 Å². The Balaban J connectivity index is 1.77. The van der Waals surface area contributed by atoms with Gasteiger partial charge in [0.1, 0.15) is 0 Å². The van der Waals surface area contributed by atoms with E-state index in [1.54, 1.807) is 16.7 Å². The Labute approximate surface area is 122 Å². The normalized spacial score (nSPS) is 27.4. The zero-order valence-electron chi connectivity index (χ0n) is 11.3. The first-order chi connectivity index (χ1) is 9.63. The van der Waals surface area contributed by atoms with E-state index in [-0.39, 0.29) is 11.8 Å². The van der Waals surface area contributed by atoms with Crippen molar-refractivity contribution in [2.24, 2.45) is 0 Å². The molecule has 0 unspecified atom stereocenters. The number of thioether (sulfide) groups is 1. The third-order valence-corrected chi connectivity index (χ3v) is 5.89. The summed E-state index contributed by atoms with van der Waals surface area (Å²) in [5.41, 5.74) is 0.901. The average molecular weight is 288 g/mol. The Morgan fingerprint density at radius 3 is 2.90 bits per heavy atom. The Morgan fingerprint density at radius 1 is 1.40 bits per heavy atom. The fourth-order valence-corrected chi connectivity index (χ4v) is 4.69. The SMILES string of the molecule is CN(C(=O)[C@@]12CCC(=O)N1c1ccccc1S2)C1CC1. The van der Waals surface area contributed by atoms with Gasteiger partial charge >= 0.3 is 0 Å². The number of fused-ring (bicyclic) bond motifs is 3. The third kappa shape index (κ3) is 1.50. The first-order valence-corrected chi connectivity index (χ1v) is 7.83. The number of rotatable bonds is 2. The first kappa shape index (κ1) is 12.3. The molecule has 20 heavy (non-hydrogen) atoms. The predicted molar refractivity (Wildman–Crippen MR) is 77.5 cm³/mol. The summed E-state index contributed by atoms with van der Waals surface area (Å²) < 4.78 is 0. The van der Waals surface area contributed by atoms with Crippen LogP contribution in [0.25, 0.3) is 0 Å². The first-order valence-electron chi connectivity index (χ1n) is 7.02. The Kier molecular flexibility index (Phi) is 2.46. The van der Waals surface area contributed by atoms with Gasteiger partial charge in [-0.25, -0.2) is 0 Å². The number of amides is 2. The lowest BCUT2D eigenvalue weighted by atomic mass is 10.1. The van der Waals surface area contributed by atoms with Crippen LogP contribution in [0.1, 0.15) is 25.7 Å². The summed E-state index contributed by atoms with van der Waals surface area (Å²) >= 11 is 1.55. The Bertz CT molecular complexity index is 614. The molecule has 1 saturated heterocycles. The maximum Gasteiger partial charge on any atom is 0.259 e. The number of likely N-dealkylation sites (N-methyl/N-ethyl adjacent to an activating group) is 1. The van der Waals surface area contributed by atoms with Gasteiger partial charge in [-0.2, -0.15) is 0 Å². The second-order valence-electron chi connectivity index (χ2n) is 5.73. The molecule has 4 nitrogen and oxygen atoms in total. The average Bonchev–Trinajstić information content (AvgIpc) is 3.17. The molecular weight excluding hydrogens is 272 g/mol. The van der Waals surface area contributed by atoms with Gasteiger partial charge < -0.3 is 4.90 Å². The summed E-state index contributed by atoms with van der Waals surface area (Å²) in [5.74, 6) is 0.159. The molecule has 0 spiro atoms. The van der Waals surface area contributed by atoms with Crippen molar-refractivity contribution < 1.29 is 9.59 Å². The van der Waals surface area contributed by atoms with E-state index in [2.05, 4.69) is 0 Å². The molecule has 3 aliphatic rings. The second kappa shape index (κ2) is 4.01.